The first kappa shape index (κ1) is 24.0. The van der Waals surface area contributed by atoms with Crippen LogP contribution in [0.1, 0.15) is 37.1 Å². The lowest BCUT2D eigenvalue weighted by Crippen LogP contribution is -2.44. The summed E-state index contributed by atoms with van der Waals surface area (Å²) in [5, 5.41) is 14.0. The summed E-state index contributed by atoms with van der Waals surface area (Å²) in [5.74, 6) is 3.51. The van der Waals surface area contributed by atoms with Crippen LogP contribution in [0, 0.1) is 5.82 Å². The molecule has 11 heteroatoms. The highest BCUT2D eigenvalue weighted by Crippen LogP contribution is 2.25. The number of nitrogens with one attached hydrogen (secondary N) is 4. The zero-order valence-corrected chi connectivity index (χ0v) is 20.8. The molecular formula is C25H32FN9O. The maximum atomic E-state index is 13.2. The van der Waals surface area contributed by atoms with Gasteiger partial charge in [0, 0.05) is 44.0 Å². The monoisotopic (exact) mass is 493 g/mol. The molecule has 1 unspecified atom stereocenters. The summed E-state index contributed by atoms with van der Waals surface area (Å²) < 4.78 is 13.2. The van der Waals surface area contributed by atoms with E-state index >= 15 is 0 Å². The van der Waals surface area contributed by atoms with Crippen molar-refractivity contribution in [1.82, 2.24) is 30.5 Å². The predicted octanol–water partition coefficient (Wildman–Crippen LogP) is 3.53. The summed E-state index contributed by atoms with van der Waals surface area (Å²) >= 11 is 0. The summed E-state index contributed by atoms with van der Waals surface area (Å²) in [7, 11) is 2.13. The molecule has 0 saturated carbocycles. The molecule has 5 rings (SSSR count). The van der Waals surface area contributed by atoms with Gasteiger partial charge in [0.05, 0.1) is 12.6 Å². The van der Waals surface area contributed by atoms with Gasteiger partial charge < -0.3 is 25.3 Å². The van der Waals surface area contributed by atoms with Gasteiger partial charge in [0.1, 0.15) is 23.2 Å². The number of aromatic amines is 1. The number of aromatic nitrogens is 4. The van der Waals surface area contributed by atoms with Crippen LogP contribution in [-0.2, 0) is 4.84 Å². The molecule has 1 saturated heterocycles. The molecule has 4 heterocycles. The van der Waals surface area contributed by atoms with Crippen molar-refractivity contribution in [3.63, 3.8) is 0 Å². The fraction of sp³-hybridized carbons (Fsp3) is 0.400. The number of likely N-dealkylation sites (N-methyl/N-ethyl adjacent to an activating group) is 1. The molecule has 1 fully saturated rings. The highest BCUT2D eigenvalue weighted by atomic mass is 19.1. The first-order chi connectivity index (χ1) is 17.4. The lowest BCUT2D eigenvalue weighted by molar-refractivity contribution is 0.116. The standard InChI is InChI=1S/C25H32FN9O/c1-16(2)20-13-23(32-31-20)28-22-14-24(35-10-8-34(3)9-11-35)30-25(29-22)27-15-19-12-21(33-36-19)17-4-6-18(26)7-5-17/h4-7,12-14,16,21,33H,8-11,15H2,1-3H3,(H3,27,28,29,30,31,32). The number of H-pyrrole nitrogens is 1. The number of hydroxylamine groups is 1. The Kier molecular flexibility index (Phi) is 7.01. The fourth-order valence-corrected chi connectivity index (χ4v) is 4.09. The zero-order valence-electron chi connectivity index (χ0n) is 20.8. The number of nitrogens with zero attached hydrogens (tertiary/aromatic N) is 5. The molecule has 2 aromatic heterocycles. The number of hydrogen-bond donors (Lipinski definition) is 4. The van der Waals surface area contributed by atoms with Gasteiger partial charge in [0.15, 0.2) is 5.82 Å². The number of halogens is 1. The molecule has 1 aromatic carbocycles. The van der Waals surface area contributed by atoms with Crippen LogP contribution in [0.15, 0.2) is 48.2 Å². The number of anilines is 4. The highest BCUT2D eigenvalue weighted by Gasteiger charge is 2.20. The average molecular weight is 494 g/mol. The maximum absolute atomic E-state index is 13.2. The van der Waals surface area contributed by atoms with E-state index in [0.29, 0.717) is 35.8 Å². The molecule has 36 heavy (non-hydrogen) atoms. The molecule has 2 aliphatic rings. The van der Waals surface area contributed by atoms with Crippen molar-refractivity contribution in [2.75, 3.05) is 55.3 Å². The van der Waals surface area contributed by atoms with Crippen LogP contribution in [0.3, 0.4) is 0 Å². The van der Waals surface area contributed by atoms with E-state index in [4.69, 9.17) is 9.82 Å². The Morgan fingerprint density at radius 3 is 2.58 bits per heavy atom. The lowest BCUT2D eigenvalue weighted by atomic mass is 10.1. The first-order valence-corrected chi connectivity index (χ1v) is 12.2. The van der Waals surface area contributed by atoms with Gasteiger partial charge in [-0.1, -0.05) is 26.0 Å². The van der Waals surface area contributed by atoms with E-state index < -0.39 is 0 Å². The van der Waals surface area contributed by atoms with Gasteiger partial charge in [-0.2, -0.15) is 15.1 Å². The number of rotatable bonds is 8. The van der Waals surface area contributed by atoms with Crippen molar-refractivity contribution >= 4 is 23.4 Å². The van der Waals surface area contributed by atoms with Gasteiger partial charge in [-0.15, -0.1) is 5.48 Å². The van der Waals surface area contributed by atoms with Crippen LogP contribution in [0.4, 0.5) is 27.8 Å². The lowest BCUT2D eigenvalue weighted by Gasteiger charge is -2.33. The van der Waals surface area contributed by atoms with Crippen molar-refractivity contribution in [3.8, 4) is 0 Å². The van der Waals surface area contributed by atoms with E-state index in [1.54, 1.807) is 12.1 Å². The molecule has 0 radical (unpaired) electrons. The number of hydrogen-bond acceptors (Lipinski definition) is 9. The van der Waals surface area contributed by atoms with Crippen LogP contribution in [-0.4, -0.2) is 64.8 Å². The third-order valence-corrected chi connectivity index (χ3v) is 6.34. The van der Waals surface area contributed by atoms with Gasteiger partial charge in [0.2, 0.25) is 5.95 Å². The smallest absolute Gasteiger partial charge is 0.227 e. The quantitative estimate of drug-likeness (QED) is 0.375. The summed E-state index contributed by atoms with van der Waals surface area (Å²) in [5.41, 5.74) is 4.94. The van der Waals surface area contributed by atoms with Crippen molar-refractivity contribution < 1.29 is 9.23 Å². The van der Waals surface area contributed by atoms with E-state index in [1.807, 2.05) is 18.2 Å². The Hall–Kier alpha value is -3.70. The molecule has 10 nitrogen and oxygen atoms in total. The van der Waals surface area contributed by atoms with Crippen LogP contribution in [0.2, 0.25) is 0 Å². The molecule has 1 atom stereocenters. The molecule has 3 aromatic rings. The molecule has 0 spiro atoms. The third kappa shape index (κ3) is 5.74. The normalized spacial score (nSPS) is 18.3. The minimum atomic E-state index is -0.263. The Morgan fingerprint density at radius 1 is 1.08 bits per heavy atom. The molecule has 2 aliphatic heterocycles. The second-order valence-electron chi connectivity index (χ2n) is 9.45. The Balaban J connectivity index is 1.32. The Labute approximate surface area is 209 Å². The third-order valence-electron chi connectivity index (χ3n) is 6.34. The van der Waals surface area contributed by atoms with Crippen LogP contribution in [0.5, 0.6) is 0 Å². The van der Waals surface area contributed by atoms with Crippen molar-refractivity contribution in [3.05, 3.63) is 65.3 Å². The van der Waals surface area contributed by atoms with Crippen molar-refractivity contribution in [2.24, 2.45) is 0 Å². The van der Waals surface area contributed by atoms with Gasteiger partial charge in [-0.05, 0) is 36.7 Å². The van der Waals surface area contributed by atoms with E-state index in [0.717, 1.165) is 43.3 Å². The SMILES string of the molecule is CC(C)c1cc(Nc2cc(N3CCN(C)CC3)nc(NCC3=CC(c4ccc(F)cc4)NO3)n2)n[nH]1. The molecule has 0 aliphatic carbocycles. The number of benzene rings is 1. The molecular weight excluding hydrogens is 461 g/mol. The minimum absolute atomic E-state index is 0.146. The molecule has 190 valence electrons. The van der Waals surface area contributed by atoms with E-state index in [-0.39, 0.29) is 11.9 Å². The molecule has 4 N–H and O–H groups in total. The van der Waals surface area contributed by atoms with Gasteiger partial charge in [0.25, 0.3) is 0 Å². The second kappa shape index (κ2) is 10.5. The van der Waals surface area contributed by atoms with E-state index in [9.17, 15) is 4.39 Å². The van der Waals surface area contributed by atoms with Crippen LogP contribution >= 0.6 is 0 Å². The van der Waals surface area contributed by atoms with Crippen LogP contribution in [0.25, 0.3) is 0 Å². The molecule has 0 amide bonds. The second-order valence-corrected chi connectivity index (χ2v) is 9.45. The summed E-state index contributed by atoms with van der Waals surface area (Å²) in [6.45, 7) is 8.37. The summed E-state index contributed by atoms with van der Waals surface area (Å²) in [4.78, 5) is 19.7. The average Bonchev–Trinajstić information content (AvgIpc) is 3.54. The van der Waals surface area contributed by atoms with Gasteiger partial charge in [-0.3, -0.25) is 5.10 Å². The summed E-state index contributed by atoms with van der Waals surface area (Å²) in [6.07, 6.45) is 1.96. The Morgan fingerprint density at radius 2 is 1.86 bits per heavy atom. The maximum Gasteiger partial charge on any atom is 0.227 e. The summed E-state index contributed by atoms with van der Waals surface area (Å²) in [6, 6.07) is 10.2. The largest absolute Gasteiger partial charge is 0.411 e. The molecule has 0 bridgehead atoms. The van der Waals surface area contributed by atoms with Crippen molar-refractivity contribution in [1.29, 1.82) is 0 Å². The van der Waals surface area contributed by atoms with Crippen molar-refractivity contribution in [2.45, 2.75) is 25.8 Å². The zero-order chi connectivity index (χ0) is 25.1. The van der Waals surface area contributed by atoms with E-state index in [2.05, 4.69) is 62.0 Å². The topological polar surface area (TPSA) is 106 Å². The van der Waals surface area contributed by atoms with Gasteiger partial charge in [-0.25, -0.2) is 4.39 Å². The van der Waals surface area contributed by atoms with Gasteiger partial charge >= 0.3 is 0 Å². The minimum Gasteiger partial charge on any atom is -0.411 e. The van der Waals surface area contributed by atoms with E-state index in [1.165, 1.54) is 12.1 Å². The van der Waals surface area contributed by atoms with Crippen LogP contribution < -0.4 is 21.0 Å². The number of piperazine rings is 1. The first-order valence-electron chi connectivity index (χ1n) is 12.2. The highest BCUT2D eigenvalue weighted by molar-refractivity contribution is 5.60. The Bertz CT molecular complexity index is 1200. The fourth-order valence-electron chi connectivity index (χ4n) is 4.09. The predicted molar refractivity (Wildman–Crippen MR) is 138 cm³/mol.